The predicted octanol–water partition coefficient (Wildman–Crippen LogP) is 3.20. The van der Waals surface area contributed by atoms with Crippen LogP contribution >= 0.6 is 0 Å². The van der Waals surface area contributed by atoms with Gasteiger partial charge in [0.15, 0.2) is 0 Å². The second-order valence-electron chi connectivity index (χ2n) is 5.88. The first-order valence-corrected chi connectivity index (χ1v) is 8.64. The molecule has 1 aromatic heterocycles. The first-order chi connectivity index (χ1) is 10.3. The van der Waals surface area contributed by atoms with E-state index in [0.29, 0.717) is 6.04 Å². The number of nitrogens with two attached hydrogens (primary N) is 1. The summed E-state index contributed by atoms with van der Waals surface area (Å²) >= 11 is 0. The summed E-state index contributed by atoms with van der Waals surface area (Å²) in [7, 11) is 0. The van der Waals surface area contributed by atoms with Gasteiger partial charge in [0.1, 0.15) is 12.2 Å². The number of hydrogen-bond acceptors (Lipinski definition) is 4. The number of unbranched alkanes of at least 4 members (excludes halogenated alkanes) is 6. The quantitative estimate of drug-likeness (QED) is 0.333. The Labute approximate surface area is 129 Å². The Kier molecular flexibility index (Phi) is 10.1. The Morgan fingerprint density at radius 2 is 1.81 bits per heavy atom. The van der Waals surface area contributed by atoms with Crippen molar-refractivity contribution in [2.75, 3.05) is 0 Å². The molecule has 1 aromatic rings. The van der Waals surface area contributed by atoms with Crippen LogP contribution in [0.3, 0.4) is 0 Å². The third-order valence-corrected chi connectivity index (χ3v) is 3.95. The summed E-state index contributed by atoms with van der Waals surface area (Å²) in [4.78, 5) is 4.36. The molecule has 0 saturated heterocycles. The van der Waals surface area contributed by atoms with Gasteiger partial charge < -0.3 is 0 Å². The fraction of sp³-hybridized carbons (Fsp3) is 0.875. The molecule has 5 nitrogen and oxygen atoms in total. The van der Waals surface area contributed by atoms with Gasteiger partial charge in [-0.3, -0.25) is 16.0 Å². The molecule has 122 valence electrons. The molecule has 3 N–H and O–H groups in total. The molecule has 0 bridgehead atoms. The van der Waals surface area contributed by atoms with Gasteiger partial charge in [-0.15, -0.1) is 0 Å². The molecule has 0 aliphatic rings. The summed E-state index contributed by atoms with van der Waals surface area (Å²) < 4.78 is 2.00. The summed E-state index contributed by atoms with van der Waals surface area (Å²) in [5, 5.41) is 4.27. The average molecular weight is 295 g/mol. The van der Waals surface area contributed by atoms with Crippen LogP contribution in [0.1, 0.15) is 77.5 Å². The van der Waals surface area contributed by atoms with Gasteiger partial charge in [-0.05, 0) is 12.8 Å². The molecule has 5 heteroatoms. The van der Waals surface area contributed by atoms with Gasteiger partial charge in [-0.2, -0.15) is 5.10 Å². The van der Waals surface area contributed by atoms with Crippen LogP contribution in [0.15, 0.2) is 6.33 Å². The first kappa shape index (κ1) is 18.1. The number of nitrogens with one attached hydrogen (secondary N) is 1. The molecule has 1 rings (SSSR count). The zero-order valence-corrected chi connectivity index (χ0v) is 13.9. The van der Waals surface area contributed by atoms with Crippen molar-refractivity contribution in [2.24, 2.45) is 5.84 Å². The fourth-order valence-electron chi connectivity index (χ4n) is 2.66. The molecule has 0 aliphatic carbocycles. The van der Waals surface area contributed by atoms with Gasteiger partial charge in [-0.1, -0.05) is 58.8 Å². The average Bonchev–Trinajstić information content (AvgIpc) is 2.92. The monoisotopic (exact) mass is 295 g/mol. The van der Waals surface area contributed by atoms with E-state index in [4.69, 9.17) is 5.84 Å². The minimum absolute atomic E-state index is 0.306. The largest absolute Gasteiger partial charge is 0.271 e. The van der Waals surface area contributed by atoms with Gasteiger partial charge in [0.25, 0.3) is 0 Å². The van der Waals surface area contributed by atoms with Crippen LogP contribution in [0.4, 0.5) is 0 Å². The molecule has 0 fully saturated rings. The summed E-state index contributed by atoms with van der Waals surface area (Å²) in [6.45, 7) is 5.35. The molecule has 0 amide bonds. The molecule has 0 aromatic carbocycles. The Balaban J connectivity index is 2.20. The zero-order valence-electron chi connectivity index (χ0n) is 13.9. The van der Waals surface area contributed by atoms with Crippen molar-refractivity contribution in [2.45, 2.75) is 90.6 Å². The number of aryl methyl sites for hydroxylation is 1. The van der Waals surface area contributed by atoms with E-state index >= 15 is 0 Å². The van der Waals surface area contributed by atoms with Crippen LogP contribution in [0.5, 0.6) is 0 Å². The lowest BCUT2D eigenvalue weighted by Crippen LogP contribution is -2.37. The molecule has 0 saturated carbocycles. The lowest BCUT2D eigenvalue weighted by Gasteiger charge is -2.15. The SMILES string of the molecule is CCCCCCCCCC(Cc1ncnn1CCC)NN. The molecule has 1 atom stereocenters. The molecule has 1 heterocycles. The number of hydrogen-bond donors (Lipinski definition) is 2. The Morgan fingerprint density at radius 3 is 2.48 bits per heavy atom. The third kappa shape index (κ3) is 7.58. The van der Waals surface area contributed by atoms with Crippen molar-refractivity contribution >= 4 is 0 Å². The van der Waals surface area contributed by atoms with Gasteiger partial charge in [0, 0.05) is 19.0 Å². The van der Waals surface area contributed by atoms with Crippen molar-refractivity contribution in [3.8, 4) is 0 Å². The van der Waals surface area contributed by atoms with Crippen LogP contribution in [0, 0.1) is 0 Å². The Bertz CT molecular complexity index is 350. The van der Waals surface area contributed by atoms with E-state index in [1.54, 1.807) is 6.33 Å². The number of rotatable bonds is 13. The second-order valence-corrected chi connectivity index (χ2v) is 5.88. The van der Waals surface area contributed by atoms with Crippen LogP contribution in [0.2, 0.25) is 0 Å². The van der Waals surface area contributed by atoms with Crippen molar-refractivity contribution in [3.63, 3.8) is 0 Å². The standard InChI is InChI=1S/C16H33N5/c1-3-5-6-7-8-9-10-11-15(20-17)13-16-18-14-19-21(16)12-4-2/h14-15,20H,3-13,17H2,1-2H3. The van der Waals surface area contributed by atoms with Crippen LogP contribution in [-0.4, -0.2) is 20.8 Å². The summed E-state index contributed by atoms with van der Waals surface area (Å²) in [5.41, 5.74) is 2.94. The summed E-state index contributed by atoms with van der Waals surface area (Å²) in [6, 6.07) is 0.306. The molecule has 21 heavy (non-hydrogen) atoms. The lowest BCUT2D eigenvalue weighted by atomic mass is 10.0. The summed E-state index contributed by atoms with van der Waals surface area (Å²) in [5.74, 6) is 6.73. The predicted molar refractivity (Wildman–Crippen MR) is 87.7 cm³/mol. The number of nitrogens with zero attached hydrogens (tertiary/aromatic N) is 3. The van der Waals surface area contributed by atoms with Crippen LogP contribution in [-0.2, 0) is 13.0 Å². The maximum Gasteiger partial charge on any atom is 0.138 e. The normalized spacial score (nSPS) is 12.7. The Morgan fingerprint density at radius 1 is 1.10 bits per heavy atom. The highest BCUT2D eigenvalue weighted by Crippen LogP contribution is 2.11. The number of aromatic nitrogens is 3. The Hall–Kier alpha value is -0.940. The van der Waals surface area contributed by atoms with E-state index in [2.05, 4.69) is 29.4 Å². The van der Waals surface area contributed by atoms with Crippen molar-refractivity contribution in [1.29, 1.82) is 0 Å². The second kappa shape index (κ2) is 11.7. The van der Waals surface area contributed by atoms with E-state index in [9.17, 15) is 0 Å². The smallest absolute Gasteiger partial charge is 0.138 e. The van der Waals surface area contributed by atoms with Gasteiger partial charge >= 0.3 is 0 Å². The molecule has 0 radical (unpaired) electrons. The maximum absolute atomic E-state index is 5.69. The lowest BCUT2D eigenvalue weighted by molar-refractivity contribution is 0.438. The van der Waals surface area contributed by atoms with Crippen molar-refractivity contribution in [3.05, 3.63) is 12.2 Å². The molecule has 1 unspecified atom stereocenters. The highest BCUT2D eigenvalue weighted by atomic mass is 15.3. The van der Waals surface area contributed by atoms with Gasteiger partial charge in [-0.25, -0.2) is 4.98 Å². The van der Waals surface area contributed by atoms with E-state index in [0.717, 1.165) is 31.6 Å². The first-order valence-electron chi connectivity index (χ1n) is 8.64. The maximum atomic E-state index is 5.69. The fourth-order valence-corrected chi connectivity index (χ4v) is 2.66. The van der Waals surface area contributed by atoms with Crippen LogP contribution in [0.25, 0.3) is 0 Å². The molecule has 0 aliphatic heterocycles. The third-order valence-electron chi connectivity index (χ3n) is 3.95. The van der Waals surface area contributed by atoms with E-state index in [-0.39, 0.29) is 0 Å². The summed E-state index contributed by atoms with van der Waals surface area (Å²) in [6.07, 6.45) is 14.1. The minimum Gasteiger partial charge on any atom is -0.271 e. The highest BCUT2D eigenvalue weighted by molar-refractivity contribution is 4.89. The van der Waals surface area contributed by atoms with Gasteiger partial charge in [0.2, 0.25) is 0 Å². The van der Waals surface area contributed by atoms with Crippen LogP contribution < -0.4 is 11.3 Å². The number of hydrazine groups is 1. The highest BCUT2D eigenvalue weighted by Gasteiger charge is 2.12. The van der Waals surface area contributed by atoms with E-state index in [1.807, 2.05) is 4.68 Å². The van der Waals surface area contributed by atoms with Crippen molar-refractivity contribution < 1.29 is 0 Å². The molecular formula is C16H33N5. The molecular weight excluding hydrogens is 262 g/mol. The topological polar surface area (TPSA) is 68.8 Å². The van der Waals surface area contributed by atoms with Crippen molar-refractivity contribution in [1.82, 2.24) is 20.2 Å². The molecule has 0 spiro atoms. The van der Waals surface area contributed by atoms with E-state index in [1.165, 1.54) is 44.9 Å². The minimum atomic E-state index is 0.306. The van der Waals surface area contributed by atoms with E-state index < -0.39 is 0 Å². The zero-order chi connectivity index (χ0) is 15.3. The van der Waals surface area contributed by atoms with Gasteiger partial charge in [0.05, 0.1) is 0 Å².